The van der Waals surface area contributed by atoms with Gasteiger partial charge in [0.25, 0.3) is 0 Å². The van der Waals surface area contributed by atoms with Crippen molar-refractivity contribution in [1.29, 1.82) is 0 Å². The van der Waals surface area contributed by atoms with Crippen LogP contribution in [-0.4, -0.2) is 54.0 Å². The molecule has 0 heterocycles. The Balaban J connectivity index is 2.82. The highest BCUT2D eigenvalue weighted by atomic mass is 32.2. The number of nitrogens with zero attached hydrogens (tertiary/aromatic N) is 2. The molecule has 0 unspecified atom stereocenters. The van der Waals surface area contributed by atoms with Gasteiger partial charge < -0.3 is 10.2 Å². The van der Waals surface area contributed by atoms with Crippen LogP contribution in [-0.2, 0) is 10.2 Å². The molecule has 1 aromatic rings. The maximum absolute atomic E-state index is 12.2. The monoisotopic (exact) mass is 314 g/mol. The molecule has 2 N–H and O–H groups in total. The molecule has 0 radical (unpaired) electrons. The van der Waals surface area contributed by atoms with Gasteiger partial charge >= 0.3 is 10.2 Å². The third-order valence-electron chi connectivity index (χ3n) is 3.25. The first-order valence-corrected chi connectivity index (χ1v) is 8.38. The van der Waals surface area contributed by atoms with E-state index in [0.717, 1.165) is 24.2 Å². The van der Waals surface area contributed by atoms with Crippen LogP contribution in [0, 0.1) is 6.92 Å². The van der Waals surface area contributed by atoms with Gasteiger partial charge in [-0.15, -0.1) is 0 Å². The normalized spacial score (nSPS) is 11.7. The summed E-state index contributed by atoms with van der Waals surface area (Å²) in [5, 5.41) is 3.00. The summed E-state index contributed by atoms with van der Waals surface area (Å²) in [6.07, 6.45) is 0.769. The van der Waals surface area contributed by atoms with Crippen molar-refractivity contribution in [1.82, 2.24) is 9.62 Å². The van der Waals surface area contributed by atoms with Gasteiger partial charge in [-0.2, -0.15) is 12.7 Å². The number of hydrogen-bond acceptors (Lipinski definition) is 4. The zero-order chi connectivity index (χ0) is 16.0. The zero-order valence-corrected chi connectivity index (χ0v) is 14.3. The molecule has 0 fully saturated rings. The Kier molecular flexibility index (Phi) is 6.44. The van der Waals surface area contributed by atoms with Gasteiger partial charge in [0.15, 0.2) is 0 Å². The summed E-state index contributed by atoms with van der Waals surface area (Å²) in [6.45, 7) is 3.26. The lowest BCUT2D eigenvalue weighted by molar-refractivity contribution is 0.462. The molecule has 0 amide bonds. The number of hydrogen-bond donors (Lipinski definition) is 2. The number of benzene rings is 1. The molecular weight excluding hydrogens is 288 g/mol. The van der Waals surface area contributed by atoms with Crippen LogP contribution in [0.5, 0.6) is 0 Å². The Morgan fingerprint density at radius 1 is 1.19 bits per heavy atom. The number of nitrogens with one attached hydrogen (secondary N) is 2. The molecule has 0 saturated heterocycles. The van der Waals surface area contributed by atoms with Gasteiger partial charge in [-0.25, -0.2) is 0 Å². The van der Waals surface area contributed by atoms with Crippen molar-refractivity contribution in [2.24, 2.45) is 0 Å². The molecule has 120 valence electrons. The van der Waals surface area contributed by atoms with Crippen molar-refractivity contribution >= 4 is 21.6 Å². The standard InChI is InChI=1S/C14H26N4O2S/c1-12-7-8-13(11-14(12)17(3)4)16-21(19,20)18(5)10-6-9-15-2/h7-8,11,15-16H,6,9-10H2,1-5H3. The molecule has 0 aliphatic rings. The van der Waals surface area contributed by atoms with Crippen molar-refractivity contribution in [2.75, 3.05) is 50.9 Å². The van der Waals surface area contributed by atoms with Crippen LogP contribution < -0.4 is 14.9 Å². The molecule has 7 heteroatoms. The largest absolute Gasteiger partial charge is 0.377 e. The summed E-state index contributed by atoms with van der Waals surface area (Å²) >= 11 is 0. The smallest absolute Gasteiger partial charge is 0.301 e. The first kappa shape index (κ1) is 17.7. The summed E-state index contributed by atoms with van der Waals surface area (Å²) in [5.74, 6) is 0. The SMILES string of the molecule is CNCCCN(C)S(=O)(=O)Nc1ccc(C)c(N(C)C)c1. The molecule has 0 bridgehead atoms. The minimum atomic E-state index is -3.51. The van der Waals surface area contributed by atoms with Crippen molar-refractivity contribution in [3.05, 3.63) is 23.8 Å². The van der Waals surface area contributed by atoms with Crippen molar-refractivity contribution in [3.63, 3.8) is 0 Å². The maximum atomic E-state index is 12.2. The van der Waals surface area contributed by atoms with Gasteiger partial charge in [0.1, 0.15) is 0 Å². The predicted octanol–water partition coefficient (Wildman–Crippen LogP) is 1.26. The van der Waals surface area contributed by atoms with Crippen LogP contribution in [0.25, 0.3) is 0 Å². The molecule has 0 aromatic heterocycles. The van der Waals surface area contributed by atoms with Crippen molar-refractivity contribution in [3.8, 4) is 0 Å². The molecule has 1 aromatic carbocycles. The second kappa shape index (κ2) is 7.63. The third-order valence-corrected chi connectivity index (χ3v) is 4.74. The highest BCUT2D eigenvalue weighted by molar-refractivity contribution is 7.90. The topological polar surface area (TPSA) is 64.7 Å². The molecule has 0 atom stereocenters. The van der Waals surface area contributed by atoms with E-state index >= 15 is 0 Å². The Morgan fingerprint density at radius 2 is 1.86 bits per heavy atom. The molecule has 21 heavy (non-hydrogen) atoms. The van der Waals surface area contributed by atoms with Crippen molar-refractivity contribution < 1.29 is 8.42 Å². The van der Waals surface area contributed by atoms with E-state index in [1.807, 2.05) is 45.1 Å². The van der Waals surface area contributed by atoms with Crippen molar-refractivity contribution in [2.45, 2.75) is 13.3 Å². The number of aryl methyl sites for hydroxylation is 1. The lowest BCUT2D eigenvalue weighted by atomic mass is 10.2. The minimum Gasteiger partial charge on any atom is -0.377 e. The highest BCUT2D eigenvalue weighted by Gasteiger charge is 2.17. The summed E-state index contributed by atoms with van der Waals surface area (Å²) in [7, 11) is 3.79. The third kappa shape index (κ3) is 5.18. The van der Waals surface area contributed by atoms with E-state index in [0.29, 0.717) is 12.2 Å². The van der Waals surface area contributed by atoms with Gasteiger partial charge in [0.2, 0.25) is 0 Å². The Labute approximate surface area is 128 Å². The maximum Gasteiger partial charge on any atom is 0.301 e. The van der Waals surface area contributed by atoms with E-state index < -0.39 is 10.2 Å². The molecule has 0 aliphatic heterocycles. The van der Waals surface area contributed by atoms with Crippen LogP contribution in [0.1, 0.15) is 12.0 Å². The molecule has 1 rings (SSSR count). The van der Waals surface area contributed by atoms with Crippen LogP contribution in [0.2, 0.25) is 0 Å². The lowest BCUT2D eigenvalue weighted by Gasteiger charge is -2.20. The zero-order valence-electron chi connectivity index (χ0n) is 13.5. The predicted molar refractivity (Wildman–Crippen MR) is 89.2 cm³/mol. The first-order chi connectivity index (χ1) is 9.77. The van der Waals surface area contributed by atoms with Crippen LogP contribution >= 0.6 is 0 Å². The quantitative estimate of drug-likeness (QED) is 0.709. The fourth-order valence-corrected chi connectivity index (χ4v) is 2.93. The van der Waals surface area contributed by atoms with E-state index in [4.69, 9.17) is 0 Å². The van der Waals surface area contributed by atoms with Crippen LogP contribution in [0.4, 0.5) is 11.4 Å². The summed E-state index contributed by atoms with van der Waals surface area (Å²) < 4.78 is 28.4. The molecule has 0 aliphatic carbocycles. The van der Waals surface area contributed by atoms with E-state index in [-0.39, 0.29) is 0 Å². The van der Waals surface area contributed by atoms with Gasteiger partial charge in [-0.1, -0.05) is 6.07 Å². The Bertz CT molecular complexity index is 558. The van der Waals surface area contributed by atoms with Gasteiger partial charge in [-0.3, -0.25) is 4.72 Å². The van der Waals surface area contributed by atoms with E-state index in [1.54, 1.807) is 13.1 Å². The summed E-state index contributed by atoms with van der Waals surface area (Å²) in [5.41, 5.74) is 2.67. The Morgan fingerprint density at radius 3 is 2.43 bits per heavy atom. The molecule has 0 spiro atoms. The van der Waals surface area contributed by atoms with E-state index in [2.05, 4.69) is 10.0 Å². The van der Waals surface area contributed by atoms with E-state index in [1.165, 1.54) is 4.31 Å². The minimum absolute atomic E-state index is 0.475. The summed E-state index contributed by atoms with van der Waals surface area (Å²) in [4.78, 5) is 1.96. The van der Waals surface area contributed by atoms with Crippen LogP contribution in [0.3, 0.4) is 0 Å². The lowest BCUT2D eigenvalue weighted by Crippen LogP contribution is -2.34. The average molecular weight is 314 g/mol. The van der Waals surface area contributed by atoms with Gasteiger partial charge in [0.05, 0.1) is 5.69 Å². The second-order valence-corrected chi connectivity index (χ2v) is 7.06. The first-order valence-electron chi connectivity index (χ1n) is 6.94. The second-order valence-electron chi connectivity index (χ2n) is 5.28. The van der Waals surface area contributed by atoms with E-state index in [9.17, 15) is 8.42 Å². The summed E-state index contributed by atoms with van der Waals surface area (Å²) in [6, 6.07) is 5.53. The highest BCUT2D eigenvalue weighted by Crippen LogP contribution is 2.23. The molecule has 0 saturated carbocycles. The molecular formula is C14H26N4O2S. The molecule has 6 nitrogen and oxygen atoms in total. The van der Waals surface area contributed by atoms with Crippen LogP contribution in [0.15, 0.2) is 18.2 Å². The fourth-order valence-electron chi connectivity index (χ4n) is 1.98. The van der Waals surface area contributed by atoms with Gasteiger partial charge in [0, 0.05) is 33.4 Å². The number of rotatable bonds is 8. The van der Waals surface area contributed by atoms with Gasteiger partial charge in [-0.05, 0) is 44.6 Å². The average Bonchev–Trinajstić information content (AvgIpc) is 2.40. The number of anilines is 2. The Hall–Kier alpha value is -1.31. The fraction of sp³-hybridized carbons (Fsp3) is 0.571.